The minimum absolute atomic E-state index is 0.0672. The Hall–Kier alpha value is -3.48. The summed E-state index contributed by atoms with van der Waals surface area (Å²) in [4.78, 5) is 15.7. The molecule has 0 unspecified atom stereocenters. The molecule has 3 heterocycles. The zero-order chi connectivity index (χ0) is 22.9. The first kappa shape index (κ1) is 21.4. The predicted molar refractivity (Wildman–Crippen MR) is 129 cm³/mol. The number of hydrogen-bond donors (Lipinski definition) is 1. The Morgan fingerprint density at radius 1 is 1.09 bits per heavy atom. The molecule has 0 saturated carbocycles. The number of pyridine rings is 1. The third kappa shape index (κ3) is 3.81. The Morgan fingerprint density at radius 3 is 2.61 bits per heavy atom. The van der Waals surface area contributed by atoms with Gasteiger partial charge >= 0.3 is 6.01 Å². The van der Waals surface area contributed by atoms with Gasteiger partial charge < -0.3 is 14.7 Å². The van der Waals surface area contributed by atoms with Crippen molar-refractivity contribution in [1.82, 2.24) is 15.0 Å². The number of phenols is 1. The molecule has 1 N–H and O–H groups in total. The highest BCUT2D eigenvalue weighted by molar-refractivity contribution is 6.01. The van der Waals surface area contributed by atoms with Crippen molar-refractivity contribution in [2.75, 3.05) is 25.1 Å². The van der Waals surface area contributed by atoms with E-state index < -0.39 is 5.82 Å². The molecule has 1 fully saturated rings. The van der Waals surface area contributed by atoms with Crippen molar-refractivity contribution in [1.29, 1.82) is 0 Å². The van der Waals surface area contributed by atoms with Gasteiger partial charge in [0.25, 0.3) is 0 Å². The maximum atomic E-state index is 16.1. The van der Waals surface area contributed by atoms with Crippen LogP contribution in [0.2, 0.25) is 0 Å². The molecule has 5 rings (SSSR count). The number of ether oxygens (including phenoxy) is 1. The van der Waals surface area contributed by atoms with Crippen LogP contribution >= 0.6 is 0 Å². The number of halogens is 1. The predicted octanol–water partition coefficient (Wildman–Crippen LogP) is 5.64. The Labute approximate surface area is 192 Å². The lowest BCUT2D eigenvalue weighted by molar-refractivity contribution is 0.381. The molecule has 0 amide bonds. The van der Waals surface area contributed by atoms with E-state index in [0.29, 0.717) is 16.8 Å². The average Bonchev–Trinajstić information content (AvgIpc) is 3.12. The van der Waals surface area contributed by atoms with Crippen LogP contribution in [-0.2, 0) is 6.42 Å². The first-order valence-corrected chi connectivity index (χ1v) is 11.5. The Kier molecular flexibility index (Phi) is 5.70. The van der Waals surface area contributed by atoms with E-state index in [2.05, 4.69) is 26.8 Å². The van der Waals surface area contributed by atoms with Gasteiger partial charge in [-0.25, -0.2) is 4.39 Å². The fourth-order valence-corrected chi connectivity index (χ4v) is 4.80. The van der Waals surface area contributed by atoms with Gasteiger partial charge in [0.15, 0.2) is 5.82 Å². The lowest BCUT2D eigenvalue weighted by Crippen LogP contribution is -2.25. The van der Waals surface area contributed by atoms with Crippen LogP contribution in [0.1, 0.15) is 38.2 Å². The number of methoxy groups -OCH3 is 1. The van der Waals surface area contributed by atoms with Gasteiger partial charge in [0.2, 0.25) is 0 Å². The zero-order valence-electron chi connectivity index (χ0n) is 18.9. The van der Waals surface area contributed by atoms with Gasteiger partial charge in [-0.05, 0) is 47.7 Å². The van der Waals surface area contributed by atoms with Gasteiger partial charge in [-0.3, -0.25) is 4.98 Å². The number of fused-ring (bicyclic) bond motifs is 2. The summed E-state index contributed by atoms with van der Waals surface area (Å²) in [7, 11) is 1.49. The van der Waals surface area contributed by atoms with E-state index in [1.54, 1.807) is 18.3 Å². The highest BCUT2D eigenvalue weighted by atomic mass is 19.1. The van der Waals surface area contributed by atoms with E-state index in [-0.39, 0.29) is 23.0 Å². The van der Waals surface area contributed by atoms with Crippen LogP contribution in [0.4, 0.5) is 10.2 Å². The monoisotopic (exact) mass is 446 g/mol. The molecule has 1 aliphatic heterocycles. The zero-order valence-corrected chi connectivity index (χ0v) is 18.9. The minimum Gasteiger partial charge on any atom is -0.508 e. The number of aromatic hydroxyl groups is 1. The second-order valence-electron chi connectivity index (χ2n) is 8.48. The van der Waals surface area contributed by atoms with E-state index in [1.807, 2.05) is 18.2 Å². The fraction of sp³-hybridized carbons (Fsp3) is 0.346. The van der Waals surface area contributed by atoms with Gasteiger partial charge in [-0.1, -0.05) is 38.0 Å². The quantitative estimate of drug-likeness (QED) is 0.437. The molecule has 0 bridgehead atoms. The summed E-state index contributed by atoms with van der Waals surface area (Å²) in [5, 5.41) is 12.7. The maximum Gasteiger partial charge on any atom is 0.318 e. The fourth-order valence-electron chi connectivity index (χ4n) is 4.80. The van der Waals surface area contributed by atoms with E-state index in [0.717, 1.165) is 48.7 Å². The van der Waals surface area contributed by atoms with Crippen molar-refractivity contribution in [3.05, 3.63) is 47.9 Å². The highest BCUT2D eigenvalue weighted by Crippen LogP contribution is 2.38. The first-order chi connectivity index (χ1) is 16.1. The number of rotatable bonds is 4. The second kappa shape index (κ2) is 8.81. The van der Waals surface area contributed by atoms with E-state index in [4.69, 9.17) is 4.74 Å². The summed E-state index contributed by atoms with van der Waals surface area (Å²) >= 11 is 0. The molecule has 33 heavy (non-hydrogen) atoms. The molecule has 4 aromatic rings. The van der Waals surface area contributed by atoms with Gasteiger partial charge in [0.1, 0.15) is 22.8 Å². The molecule has 7 heteroatoms. The molecule has 0 spiro atoms. The lowest BCUT2D eigenvalue weighted by Gasteiger charge is -2.23. The maximum absolute atomic E-state index is 16.1. The number of hydrogen-bond acceptors (Lipinski definition) is 6. The molecule has 2 aromatic heterocycles. The van der Waals surface area contributed by atoms with Crippen molar-refractivity contribution in [3.63, 3.8) is 0 Å². The van der Waals surface area contributed by atoms with Gasteiger partial charge in [0.05, 0.1) is 12.5 Å². The summed E-state index contributed by atoms with van der Waals surface area (Å²) in [6, 6.07) is 9.28. The third-order valence-corrected chi connectivity index (χ3v) is 6.42. The van der Waals surface area contributed by atoms with Crippen LogP contribution in [0.25, 0.3) is 32.9 Å². The average molecular weight is 447 g/mol. The number of nitrogens with zero attached hydrogens (tertiary/aromatic N) is 4. The normalized spacial score (nSPS) is 14.6. The lowest BCUT2D eigenvalue weighted by atomic mass is 9.95. The summed E-state index contributed by atoms with van der Waals surface area (Å²) in [6.07, 6.45) is 6.92. The molecule has 1 saturated heterocycles. The van der Waals surface area contributed by atoms with Gasteiger partial charge in [0, 0.05) is 24.8 Å². The molecule has 6 nitrogen and oxygen atoms in total. The van der Waals surface area contributed by atoms with Gasteiger partial charge in [-0.15, -0.1) is 0 Å². The molecule has 2 aromatic carbocycles. The molecule has 1 aliphatic rings. The topological polar surface area (TPSA) is 71.4 Å². The first-order valence-electron chi connectivity index (χ1n) is 11.5. The summed E-state index contributed by atoms with van der Waals surface area (Å²) in [5.74, 6) is 0.186. The molecular weight excluding hydrogens is 419 g/mol. The van der Waals surface area contributed by atoms with Crippen molar-refractivity contribution in [2.24, 2.45) is 0 Å². The van der Waals surface area contributed by atoms with Crippen LogP contribution in [0.15, 0.2) is 36.5 Å². The summed E-state index contributed by atoms with van der Waals surface area (Å²) < 4.78 is 21.4. The Bertz CT molecular complexity index is 1330. The molecule has 170 valence electrons. The molecule has 0 radical (unpaired) electrons. The van der Waals surface area contributed by atoms with E-state index >= 15 is 4.39 Å². The SMILES string of the molecule is CCc1cccc2cc(O)cc(-c3ncc4c(N5CCCCCC5)nc(OC)nc4c3F)c12. The second-order valence-corrected chi connectivity index (χ2v) is 8.48. The third-order valence-electron chi connectivity index (χ3n) is 6.42. The highest BCUT2D eigenvalue weighted by Gasteiger charge is 2.23. The van der Waals surface area contributed by atoms with Gasteiger partial charge in [-0.2, -0.15) is 9.97 Å². The smallest absolute Gasteiger partial charge is 0.318 e. The van der Waals surface area contributed by atoms with Crippen LogP contribution in [-0.4, -0.2) is 40.3 Å². The molecule has 0 aliphatic carbocycles. The molecular formula is C26H27FN4O2. The van der Waals surface area contributed by atoms with Crippen molar-refractivity contribution in [2.45, 2.75) is 39.0 Å². The van der Waals surface area contributed by atoms with E-state index in [9.17, 15) is 5.11 Å². The molecule has 0 atom stereocenters. The largest absolute Gasteiger partial charge is 0.508 e. The number of phenolic OH excluding ortho intramolecular Hbond substituents is 1. The minimum atomic E-state index is -0.540. The summed E-state index contributed by atoms with van der Waals surface area (Å²) in [6.45, 7) is 3.77. The Balaban J connectivity index is 1.76. The summed E-state index contributed by atoms with van der Waals surface area (Å²) in [5.41, 5.74) is 1.95. The number of benzene rings is 2. The van der Waals surface area contributed by atoms with E-state index in [1.165, 1.54) is 20.0 Å². The van der Waals surface area contributed by atoms with Crippen LogP contribution in [0.5, 0.6) is 11.8 Å². The van der Waals surface area contributed by atoms with Crippen LogP contribution in [0.3, 0.4) is 0 Å². The number of anilines is 1. The Morgan fingerprint density at radius 2 is 1.88 bits per heavy atom. The van der Waals surface area contributed by atoms with Crippen molar-refractivity contribution >= 4 is 27.5 Å². The van der Waals surface area contributed by atoms with Crippen molar-refractivity contribution in [3.8, 4) is 23.0 Å². The van der Waals surface area contributed by atoms with Crippen LogP contribution in [0, 0.1) is 5.82 Å². The van der Waals surface area contributed by atoms with Crippen LogP contribution < -0.4 is 9.64 Å². The standard InChI is InChI=1S/C26H27FN4O2/c1-3-16-9-8-10-17-13-18(32)14-19(21(16)17)23-22(27)24-20(15-28-23)25(30-26(29-24)33-2)31-11-6-4-5-7-12-31/h8-10,13-15,32H,3-7,11-12H2,1-2H3. The number of aryl methyl sites for hydroxylation is 1. The van der Waals surface area contributed by atoms with Crippen molar-refractivity contribution < 1.29 is 14.2 Å². The number of aromatic nitrogens is 3.